The Hall–Kier alpha value is -2.36. The second kappa shape index (κ2) is 9.62. The SMILES string of the molecule is CC(CC(C)=NCCc1ccccn1)=NCCc1ccccn1. The van der Waals surface area contributed by atoms with Crippen molar-refractivity contribution >= 4 is 11.4 Å². The Morgan fingerprint density at radius 3 is 1.65 bits per heavy atom. The quantitative estimate of drug-likeness (QED) is 0.700. The minimum absolute atomic E-state index is 0.782. The largest absolute Gasteiger partial charge is 0.294 e. The summed E-state index contributed by atoms with van der Waals surface area (Å²) in [4.78, 5) is 17.8. The van der Waals surface area contributed by atoms with Gasteiger partial charge < -0.3 is 0 Å². The Labute approximate surface area is 138 Å². The fourth-order valence-electron chi connectivity index (χ4n) is 2.30. The van der Waals surface area contributed by atoms with Crippen LogP contribution in [0.1, 0.15) is 31.7 Å². The summed E-state index contributed by atoms with van der Waals surface area (Å²) < 4.78 is 0. The van der Waals surface area contributed by atoms with Gasteiger partial charge in [0.1, 0.15) is 0 Å². The van der Waals surface area contributed by atoms with Gasteiger partial charge in [-0.15, -0.1) is 0 Å². The zero-order valence-corrected chi connectivity index (χ0v) is 13.9. The standard InChI is InChI=1S/C19H24N4/c1-16(20-13-9-18-7-3-5-11-22-18)15-17(2)21-14-10-19-8-4-6-12-23-19/h3-8,11-12H,9-10,13-15H2,1-2H3. The summed E-state index contributed by atoms with van der Waals surface area (Å²) in [5, 5.41) is 0. The van der Waals surface area contributed by atoms with E-state index in [2.05, 4.69) is 33.8 Å². The monoisotopic (exact) mass is 308 g/mol. The molecule has 0 aliphatic rings. The lowest BCUT2D eigenvalue weighted by molar-refractivity contribution is 0.914. The van der Waals surface area contributed by atoms with E-state index in [0.29, 0.717) is 0 Å². The predicted octanol–water partition coefficient (Wildman–Crippen LogP) is 3.57. The van der Waals surface area contributed by atoms with Gasteiger partial charge in [-0.1, -0.05) is 12.1 Å². The van der Waals surface area contributed by atoms with E-state index in [0.717, 1.165) is 55.2 Å². The number of rotatable bonds is 8. The van der Waals surface area contributed by atoms with E-state index < -0.39 is 0 Å². The number of pyridine rings is 2. The molecular weight excluding hydrogens is 284 g/mol. The maximum Gasteiger partial charge on any atom is 0.0444 e. The van der Waals surface area contributed by atoms with Crippen molar-refractivity contribution in [2.75, 3.05) is 13.1 Å². The molecule has 0 fully saturated rings. The molecule has 0 bridgehead atoms. The first-order valence-electron chi connectivity index (χ1n) is 8.03. The molecule has 4 heteroatoms. The molecule has 0 radical (unpaired) electrons. The van der Waals surface area contributed by atoms with Crippen molar-refractivity contribution < 1.29 is 0 Å². The molecule has 2 aromatic rings. The smallest absolute Gasteiger partial charge is 0.0444 e. The van der Waals surface area contributed by atoms with Gasteiger partial charge in [0.05, 0.1) is 0 Å². The summed E-state index contributed by atoms with van der Waals surface area (Å²) in [7, 11) is 0. The highest BCUT2D eigenvalue weighted by molar-refractivity contribution is 6.02. The molecule has 4 nitrogen and oxygen atoms in total. The molecule has 2 aromatic heterocycles. The van der Waals surface area contributed by atoms with E-state index in [1.165, 1.54) is 0 Å². The molecule has 0 unspecified atom stereocenters. The van der Waals surface area contributed by atoms with Gasteiger partial charge in [-0.3, -0.25) is 20.0 Å². The molecule has 2 heterocycles. The van der Waals surface area contributed by atoms with Gasteiger partial charge in [0.25, 0.3) is 0 Å². The average molecular weight is 308 g/mol. The van der Waals surface area contributed by atoms with Crippen LogP contribution in [0.4, 0.5) is 0 Å². The van der Waals surface area contributed by atoms with E-state index in [4.69, 9.17) is 0 Å². The molecule has 23 heavy (non-hydrogen) atoms. The third-order valence-electron chi connectivity index (χ3n) is 3.46. The van der Waals surface area contributed by atoms with Gasteiger partial charge >= 0.3 is 0 Å². The number of nitrogens with zero attached hydrogens (tertiary/aromatic N) is 4. The van der Waals surface area contributed by atoms with Crippen LogP contribution in [0.25, 0.3) is 0 Å². The first kappa shape index (κ1) is 17.0. The lowest BCUT2D eigenvalue weighted by atomic mass is 10.2. The van der Waals surface area contributed by atoms with Crippen molar-refractivity contribution in [3.63, 3.8) is 0 Å². The Balaban J connectivity index is 1.71. The first-order chi connectivity index (χ1) is 11.2. The highest BCUT2D eigenvalue weighted by Crippen LogP contribution is 1.99. The molecule has 0 aliphatic heterocycles. The van der Waals surface area contributed by atoms with E-state index in [9.17, 15) is 0 Å². The Bertz CT molecular complexity index is 575. The highest BCUT2D eigenvalue weighted by atomic mass is 14.8. The minimum atomic E-state index is 0.782. The zero-order chi connectivity index (χ0) is 16.3. The lowest BCUT2D eigenvalue weighted by Crippen LogP contribution is -2.04. The normalized spacial score (nSPS) is 12.4. The van der Waals surface area contributed by atoms with Crippen LogP contribution >= 0.6 is 0 Å². The van der Waals surface area contributed by atoms with E-state index in [1.54, 1.807) is 0 Å². The number of hydrogen-bond donors (Lipinski definition) is 0. The van der Waals surface area contributed by atoms with E-state index >= 15 is 0 Å². The van der Waals surface area contributed by atoms with E-state index in [-0.39, 0.29) is 0 Å². The molecular formula is C19H24N4. The Morgan fingerprint density at radius 2 is 1.26 bits per heavy atom. The van der Waals surface area contributed by atoms with Gasteiger partial charge in [0.2, 0.25) is 0 Å². The zero-order valence-electron chi connectivity index (χ0n) is 13.9. The van der Waals surface area contributed by atoms with Gasteiger partial charge in [-0.2, -0.15) is 0 Å². The molecule has 0 aliphatic carbocycles. The molecule has 120 valence electrons. The van der Waals surface area contributed by atoms with Crippen LogP contribution < -0.4 is 0 Å². The maximum atomic E-state index is 4.61. The highest BCUT2D eigenvalue weighted by Gasteiger charge is 1.98. The summed E-state index contributed by atoms with van der Waals surface area (Å²) >= 11 is 0. The number of aromatic nitrogens is 2. The topological polar surface area (TPSA) is 50.5 Å². The van der Waals surface area contributed by atoms with Crippen molar-refractivity contribution in [1.82, 2.24) is 9.97 Å². The average Bonchev–Trinajstić information content (AvgIpc) is 2.57. The van der Waals surface area contributed by atoms with Crippen molar-refractivity contribution in [3.8, 4) is 0 Å². The van der Waals surface area contributed by atoms with Gasteiger partial charge in [0, 0.05) is 67.6 Å². The van der Waals surface area contributed by atoms with Gasteiger partial charge in [0.15, 0.2) is 0 Å². The fourth-order valence-corrected chi connectivity index (χ4v) is 2.30. The first-order valence-corrected chi connectivity index (χ1v) is 8.03. The molecule has 0 aromatic carbocycles. The second-order valence-electron chi connectivity index (χ2n) is 5.55. The van der Waals surface area contributed by atoms with Crippen LogP contribution in [0, 0.1) is 0 Å². The Morgan fingerprint density at radius 1 is 0.783 bits per heavy atom. The molecule has 0 atom stereocenters. The van der Waals surface area contributed by atoms with Crippen molar-refractivity contribution in [2.45, 2.75) is 33.1 Å². The summed E-state index contributed by atoms with van der Waals surface area (Å²) in [6.45, 7) is 5.69. The lowest BCUT2D eigenvalue weighted by Gasteiger charge is -2.02. The van der Waals surface area contributed by atoms with Gasteiger partial charge in [-0.25, -0.2) is 0 Å². The minimum Gasteiger partial charge on any atom is -0.294 e. The summed E-state index contributed by atoms with van der Waals surface area (Å²) in [5.74, 6) is 0. The van der Waals surface area contributed by atoms with Crippen molar-refractivity contribution in [3.05, 3.63) is 60.2 Å². The second-order valence-corrected chi connectivity index (χ2v) is 5.55. The van der Waals surface area contributed by atoms with Crippen LogP contribution in [-0.2, 0) is 12.8 Å². The van der Waals surface area contributed by atoms with Crippen LogP contribution in [-0.4, -0.2) is 34.5 Å². The summed E-state index contributed by atoms with van der Waals surface area (Å²) in [6, 6.07) is 12.0. The van der Waals surface area contributed by atoms with E-state index in [1.807, 2.05) is 48.8 Å². The summed E-state index contributed by atoms with van der Waals surface area (Å²) in [6.07, 6.45) is 6.25. The third-order valence-corrected chi connectivity index (χ3v) is 3.46. The molecule has 0 spiro atoms. The molecule has 0 saturated carbocycles. The maximum absolute atomic E-state index is 4.61. The molecule has 0 N–H and O–H groups in total. The predicted molar refractivity (Wildman–Crippen MR) is 96.5 cm³/mol. The van der Waals surface area contributed by atoms with Crippen LogP contribution in [0.15, 0.2) is 58.8 Å². The number of hydrogen-bond acceptors (Lipinski definition) is 4. The van der Waals surface area contributed by atoms with Crippen LogP contribution in [0.3, 0.4) is 0 Å². The van der Waals surface area contributed by atoms with Crippen LogP contribution in [0.2, 0.25) is 0 Å². The molecule has 0 saturated heterocycles. The molecule has 0 amide bonds. The number of aliphatic imine (C=N–C) groups is 2. The Kier molecular flexibility index (Phi) is 7.11. The van der Waals surface area contributed by atoms with Crippen molar-refractivity contribution in [2.24, 2.45) is 9.98 Å². The van der Waals surface area contributed by atoms with Crippen LogP contribution in [0.5, 0.6) is 0 Å². The fraction of sp³-hybridized carbons (Fsp3) is 0.368. The van der Waals surface area contributed by atoms with Gasteiger partial charge in [-0.05, 0) is 38.1 Å². The van der Waals surface area contributed by atoms with Crippen molar-refractivity contribution in [1.29, 1.82) is 0 Å². The third kappa shape index (κ3) is 6.96. The molecule has 2 rings (SSSR count). The summed E-state index contributed by atoms with van der Waals surface area (Å²) in [5.41, 5.74) is 4.43.